The van der Waals surface area contributed by atoms with E-state index in [0.29, 0.717) is 5.56 Å². The van der Waals surface area contributed by atoms with Gasteiger partial charge in [-0.2, -0.15) is 25.8 Å². The van der Waals surface area contributed by atoms with Crippen LogP contribution in [0.15, 0.2) is 36.4 Å². The van der Waals surface area contributed by atoms with Gasteiger partial charge in [0.2, 0.25) is 0 Å². The number of carbonyl (C=O) groups excluding carboxylic acids is 1. The first-order valence-corrected chi connectivity index (χ1v) is 10.4. The molecule has 2 rings (SSSR count). The molecule has 0 saturated heterocycles. The van der Waals surface area contributed by atoms with Crippen molar-refractivity contribution in [2.45, 2.75) is 50.6 Å². The minimum Gasteiger partial charge on any atom is -0.456 e. The number of benzene rings is 2. The highest BCUT2D eigenvalue weighted by molar-refractivity contribution is 7.81. The van der Waals surface area contributed by atoms with Gasteiger partial charge in [0.05, 0.1) is 5.56 Å². The molecule has 9 heteroatoms. The number of ether oxygens (including phenoxy) is 1. The molecule has 0 amide bonds. The quantitative estimate of drug-likeness (QED) is 0.260. The standard InChI is InChI=1S/C22H22Cl2F3NO2S/c1-12-7-13(5-6-17(12)19(29)30-20(2,3)4)18(28)11-21(31,22(25,26)27)14-8-15(23)10-16(24)9-14/h5-10,28,31H,11H2,1-4H3. The summed E-state index contributed by atoms with van der Waals surface area (Å²) in [4.78, 5) is 12.3. The number of carbonyl (C=O) groups is 1. The number of thiol groups is 1. The number of halogens is 5. The number of nitrogens with one attached hydrogen (secondary N) is 1. The van der Waals surface area contributed by atoms with Crippen molar-refractivity contribution in [2.24, 2.45) is 0 Å². The van der Waals surface area contributed by atoms with Crippen molar-refractivity contribution in [2.75, 3.05) is 0 Å². The molecule has 1 N–H and O–H groups in total. The van der Waals surface area contributed by atoms with Crippen molar-refractivity contribution >= 4 is 47.5 Å². The maximum absolute atomic E-state index is 14.0. The number of alkyl halides is 3. The van der Waals surface area contributed by atoms with Gasteiger partial charge in [-0.3, -0.25) is 0 Å². The minimum atomic E-state index is -4.79. The molecule has 0 radical (unpaired) electrons. The molecule has 0 aliphatic carbocycles. The molecule has 0 aliphatic rings. The Hall–Kier alpha value is -1.70. The Labute approximate surface area is 194 Å². The second-order valence-corrected chi connectivity index (χ2v) is 9.84. The van der Waals surface area contributed by atoms with Crippen LogP contribution in [0.5, 0.6) is 0 Å². The van der Waals surface area contributed by atoms with Crippen molar-refractivity contribution in [1.29, 1.82) is 5.41 Å². The first-order valence-electron chi connectivity index (χ1n) is 9.21. The summed E-state index contributed by atoms with van der Waals surface area (Å²) in [5.74, 6) is -0.546. The smallest absolute Gasteiger partial charge is 0.407 e. The average molecular weight is 492 g/mol. The van der Waals surface area contributed by atoms with E-state index >= 15 is 0 Å². The Morgan fingerprint density at radius 1 is 1.06 bits per heavy atom. The van der Waals surface area contributed by atoms with E-state index in [9.17, 15) is 18.0 Å². The summed E-state index contributed by atoms with van der Waals surface area (Å²) in [6.07, 6.45) is -5.55. The number of hydrogen-bond donors (Lipinski definition) is 2. The van der Waals surface area contributed by atoms with Gasteiger partial charge in [0.25, 0.3) is 0 Å². The van der Waals surface area contributed by atoms with Crippen LogP contribution in [-0.4, -0.2) is 23.5 Å². The van der Waals surface area contributed by atoms with Crippen LogP contribution in [0.1, 0.15) is 54.2 Å². The fourth-order valence-corrected chi connectivity index (χ4v) is 3.74. The third kappa shape index (κ3) is 6.18. The molecule has 0 heterocycles. The SMILES string of the molecule is Cc1cc(C(=N)CC(S)(c2cc(Cl)cc(Cl)c2)C(F)(F)F)ccc1C(=O)OC(C)(C)C. The molecule has 2 aromatic rings. The van der Waals surface area contributed by atoms with Crippen molar-refractivity contribution in [3.05, 3.63) is 68.7 Å². The summed E-state index contributed by atoms with van der Waals surface area (Å²) in [5.41, 5.74) is -0.249. The van der Waals surface area contributed by atoms with E-state index in [2.05, 4.69) is 12.6 Å². The number of aryl methyl sites for hydroxylation is 1. The van der Waals surface area contributed by atoms with Gasteiger partial charge in [-0.25, -0.2) is 4.79 Å². The third-order valence-electron chi connectivity index (χ3n) is 4.44. The molecule has 168 valence electrons. The molecule has 0 bridgehead atoms. The molecule has 0 fully saturated rings. The van der Waals surface area contributed by atoms with Gasteiger partial charge in [-0.1, -0.05) is 29.3 Å². The van der Waals surface area contributed by atoms with Gasteiger partial charge in [0.15, 0.2) is 0 Å². The first kappa shape index (κ1) is 25.6. The lowest BCUT2D eigenvalue weighted by Gasteiger charge is -2.32. The Balaban J connectivity index is 2.39. The number of esters is 1. The molecule has 3 nitrogen and oxygen atoms in total. The molecule has 1 unspecified atom stereocenters. The molecule has 0 aromatic heterocycles. The largest absolute Gasteiger partial charge is 0.456 e. The summed E-state index contributed by atoms with van der Waals surface area (Å²) < 4.78 is 44.7. The summed E-state index contributed by atoms with van der Waals surface area (Å²) in [6, 6.07) is 7.94. The summed E-state index contributed by atoms with van der Waals surface area (Å²) in [7, 11) is 0. The zero-order valence-electron chi connectivity index (χ0n) is 17.3. The highest BCUT2D eigenvalue weighted by Gasteiger charge is 2.54. The van der Waals surface area contributed by atoms with E-state index in [4.69, 9.17) is 33.3 Å². The predicted octanol–water partition coefficient (Wildman–Crippen LogP) is 7.40. The van der Waals surface area contributed by atoms with Crippen LogP contribution in [0.25, 0.3) is 0 Å². The van der Waals surface area contributed by atoms with E-state index < -0.39 is 28.9 Å². The molecular weight excluding hydrogens is 470 g/mol. The van der Waals surface area contributed by atoms with Crippen LogP contribution >= 0.6 is 35.8 Å². The second kappa shape index (κ2) is 9.04. The zero-order valence-corrected chi connectivity index (χ0v) is 19.7. The lowest BCUT2D eigenvalue weighted by Crippen LogP contribution is -2.39. The van der Waals surface area contributed by atoms with Crippen LogP contribution in [-0.2, 0) is 9.48 Å². The van der Waals surface area contributed by atoms with Gasteiger partial charge in [-0.15, -0.1) is 0 Å². The first-order chi connectivity index (χ1) is 14.0. The average Bonchev–Trinajstić information content (AvgIpc) is 2.57. The van der Waals surface area contributed by atoms with Crippen LogP contribution in [0.2, 0.25) is 10.0 Å². The van der Waals surface area contributed by atoms with Gasteiger partial charge < -0.3 is 10.1 Å². The summed E-state index contributed by atoms with van der Waals surface area (Å²) >= 11 is 15.7. The normalized spacial score (nSPS) is 14.1. The molecule has 0 saturated carbocycles. The van der Waals surface area contributed by atoms with Gasteiger partial charge in [-0.05, 0) is 74.7 Å². The van der Waals surface area contributed by atoms with Gasteiger partial charge in [0, 0.05) is 22.2 Å². The lowest BCUT2D eigenvalue weighted by molar-refractivity contribution is -0.159. The van der Waals surface area contributed by atoms with Crippen molar-refractivity contribution in [1.82, 2.24) is 0 Å². The monoisotopic (exact) mass is 491 g/mol. The fourth-order valence-electron chi connectivity index (χ4n) is 2.93. The summed E-state index contributed by atoms with van der Waals surface area (Å²) in [5, 5.41) is 8.38. The number of rotatable bonds is 5. The maximum Gasteiger partial charge on any atom is 0.407 e. The Morgan fingerprint density at radius 3 is 2.06 bits per heavy atom. The molecular formula is C22H22Cl2F3NO2S. The number of hydrogen-bond acceptors (Lipinski definition) is 4. The Morgan fingerprint density at radius 2 is 1.61 bits per heavy atom. The van der Waals surface area contributed by atoms with E-state index in [1.54, 1.807) is 27.7 Å². The lowest BCUT2D eigenvalue weighted by atomic mass is 9.88. The van der Waals surface area contributed by atoms with Crippen LogP contribution in [0.3, 0.4) is 0 Å². The van der Waals surface area contributed by atoms with E-state index in [1.807, 2.05) is 0 Å². The highest BCUT2D eigenvalue weighted by Crippen LogP contribution is 2.48. The third-order valence-corrected chi connectivity index (χ3v) is 5.54. The second-order valence-electron chi connectivity index (χ2n) is 8.20. The zero-order chi connectivity index (χ0) is 23.8. The molecule has 1 atom stereocenters. The molecule has 31 heavy (non-hydrogen) atoms. The van der Waals surface area contributed by atoms with E-state index in [0.717, 1.165) is 12.1 Å². The van der Waals surface area contributed by atoms with Gasteiger partial charge in [0.1, 0.15) is 10.3 Å². The molecule has 2 aromatic carbocycles. The Kier molecular flexibility index (Phi) is 7.45. The van der Waals surface area contributed by atoms with Crippen LogP contribution < -0.4 is 0 Å². The minimum absolute atomic E-state index is 0.0364. The Bertz CT molecular complexity index is 999. The van der Waals surface area contributed by atoms with E-state index in [1.165, 1.54) is 24.3 Å². The van der Waals surface area contributed by atoms with Crippen molar-refractivity contribution in [3.63, 3.8) is 0 Å². The van der Waals surface area contributed by atoms with Crippen LogP contribution in [0.4, 0.5) is 13.2 Å². The maximum atomic E-state index is 14.0. The predicted molar refractivity (Wildman–Crippen MR) is 121 cm³/mol. The molecule has 0 spiro atoms. The fraction of sp³-hybridized carbons (Fsp3) is 0.364. The highest BCUT2D eigenvalue weighted by atomic mass is 35.5. The van der Waals surface area contributed by atoms with Crippen molar-refractivity contribution < 1.29 is 22.7 Å². The van der Waals surface area contributed by atoms with Crippen molar-refractivity contribution in [3.8, 4) is 0 Å². The van der Waals surface area contributed by atoms with E-state index in [-0.39, 0.29) is 32.4 Å². The molecule has 0 aliphatic heterocycles. The topological polar surface area (TPSA) is 50.2 Å². The van der Waals surface area contributed by atoms with Crippen LogP contribution in [0, 0.1) is 12.3 Å². The summed E-state index contributed by atoms with van der Waals surface area (Å²) in [6.45, 7) is 6.83. The van der Waals surface area contributed by atoms with Gasteiger partial charge >= 0.3 is 12.1 Å².